The smallest absolute Gasteiger partial charge is 0.410 e. The minimum atomic E-state index is -0.622. The van der Waals surface area contributed by atoms with Gasteiger partial charge in [-0.1, -0.05) is 42.5 Å². The SMILES string of the molecule is COC(=O)CN(CCCc1ccc(OCCCCCc2ccccc2)cc1)C(=O)OC(C)(C)C. The standard InChI is InChI=1S/C28H39NO5/c1-28(2,3)34-27(31)29(22-26(30)32-4)20-11-15-24-16-18-25(19-17-24)33-21-10-6-9-14-23-12-7-5-8-13-23/h5,7-8,12-13,16-19H,6,9-11,14-15,20-22H2,1-4H3. The lowest BCUT2D eigenvalue weighted by molar-refractivity contribution is -0.141. The van der Waals surface area contributed by atoms with E-state index in [0.717, 1.165) is 37.0 Å². The topological polar surface area (TPSA) is 65.1 Å². The lowest BCUT2D eigenvalue weighted by atomic mass is 10.1. The highest BCUT2D eigenvalue weighted by molar-refractivity contribution is 5.78. The van der Waals surface area contributed by atoms with Crippen molar-refractivity contribution >= 4 is 12.1 Å². The molecule has 0 heterocycles. The summed E-state index contributed by atoms with van der Waals surface area (Å²) in [5.41, 5.74) is 1.92. The highest BCUT2D eigenvalue weighted by Gasteiger charge is 2.24. The predicted octanol–water partition coefficient (Wildman–Crippen LogP) is 5.82. The Labute approximate surface area is 204 Å². The first kappa shape index (κ1) is 27.2. The second kappa shape index (κ2) is 14.3. The Balaban J connectivity index is 1.69. The van der Waals surface area contributed by atoms with Crippen molar-refractivity contribution in [3.63, 3.8) is 0 Å². The summed E-state index contributed by atoms with van der Waals surface area (Å²) < 4.78 is 16.0. The molecule has 2 rings (SSSR count). The number of ether oxygens (including phenoxy) is 3. The van der Waals surface area contributed by atoms with Crippen LogP contribution in [-0.2, 0) is 27.1 Å². The third kappa shape index (κ3) is 11.2. The fourth-order valence-corrected chi connectivity index (χ4v) is 3.45. The zero-order valence-electron chi connectivity index (χ0n) is 21.0. The monoisotopic (exact) mass is 469 g/mol. The third-order valence-electron chi connectivity index (χ3n) is 5.24. The molecule has 1 amide bonds. The molecule has 0 aromatic heterocycles. The molecule has 2 aromatic rings. The van der Waals surface area contributed by atoms with Gasteiger partial charge in [-0.15, -0.1) is 0 Å². The molecule has 0 aliphatic heterocycles. The van der Waals surface area contributed by atoms with Gasteiger partial charge in [0.05, 0.1) is 13.7 Å². The van der Waals surface area contributed by atoms with E-state index < -0.39 is 17.7 Å². The van der Waals surface area contributed by atoms with Gasteiger partial charge in [0.25, 0.3) is 0 Å². The van der Waals surface area contributed by atoms with Crippen molar-refractivity contribution in [1.29, 1.82) is 0 Å². The van der Waals surface area contributed by atoms with E-state index in [1.54, 1.807) is 20.8 Å². The lowest BCUT2D eigenvalue weighted by Gasteiger charge is -2.26. The molecule has 0 fully saturated rings. The molecular formula is C28H39NO5. The van der Waals surface area contributed by atoms with Crippen LogP contribution in [0.2, 0.25) is 0 Å². The second-order valence-corrected chi connectivity index (χ2v) is 9.37. The van der Waals surface area contributed by atoms with Crippen molar-refractivity contribution in [2.45, 2.75) is 64.9 Å². The Morgan fingerprint density at radius 1 is 0.824 bits per heavy atom. The van der Waals surface area contributed by atoms with Crippen molar-refractivity contribution < 1.29 is 23.8 Å². The first-order valence-electron chi connectivity index (χ1n) is 12.1. The van der Waals surface area contributed by atoms with Gasteiger partial charge in [-0.05, 0) is 82.6 Å². The number of esters is 1. The predicted molar refractivity (Wildman–Crippen MR) is 134 cm³/mol. The molecule has 0 atom stereocenters. The fourth-order valence-electron chi connectivity index (χ4n) is 3.45. The number of hydrogen-bond donors (Lipinski definition) is 0. The van der Waals surface area contributed by atoms with Gasteiger partial charge in [-0.3, -0.25) is 9.69 Å². The molecule has 6 nitrogen and oxygen atoms in total. The maximum absolute atomic E-state index is 12.4. The number of hydrogen-bond acceptors (Lipinski definition) is 5. The van der Waals surface area contributed by atoms with Crippen LogP contribution in [0.4, 0.5) is 4.79 Å². The van der Waals surface area contributed by atoms with Gasteiger partial charge in [0.2, 0.25) is 0 Å². The Morgan fingerprint density at radius 3 is 2.12 bits per heavy atom. The summed E-state index contributed by atoms with van der Waals surface area (Å²) in [5.74, 6) is 0.403. The van der Waals surface area contributed by atoms with E-state index in [9.17, 15) is 9.59 Å². The van der Waals surface area contributed by atoms with Crippen LogP contribution in [0.15, 0.2) is 54.6 Å². The summed E-state index contributed by atoms with van der Waals surface area (Å²) in [6, 6.07) is 18.6. The summed E-state index contributed by atoms with van der Waals surface area (Å²) in [4.78, 5) is 25.5. The number of rotatable bonds is 13. The van der Waals surface area contributed by atoms with Crippen LogP contribution in [0, 0.1) is 0 Å². The van der Waals surface area contributed by atoms with Crippen LogP contribution in [0.5, 0.6) is 5.75 Å². The number of benzene rings is 2. The average molecular weight is 470 g/mol. The van der Waals surface area contributed by atoms with Gasteiger partial charge in [-0.25, -0.2) is 4.79 Å². The molecule has 0 aliphatic rings. The van der Waals surface area contributed by atoms with Gasteiger partial charge in [0.15, 0.2) is 0 Å². The van der Waals surface area contributed by atoms with E-state index in [4.69, 9.17) is 14.2 Å². The molecule has 0 unspecified atom stereocenters. The zero-order valence-corrected chi connectivity index (χ0v) is 21.0. The van der Waals surface area contributed by atoms with Crippen molar-refractivity contribution in [2.75, 3.05) is 26.8 Å². The molecule has 6 heteroatoms. The number of methoxy groups -OCH3 is 1. The van der Waals surface area contributed by atoms with Crippen molar-refractivity contribution in [3.05, 3.63) is 65.7 Å². The molecule has 0 spiro atoms. The average Bonchev–Trinajstić information content (AvgIpc) is 2.81. The fraction of sp³-hybridized carbons (Fsp3) is 0.500. The van der Waals surface area contributed by atoms with Crippen LogP contribution >= 0.6 is 0 Å². The molecule has 0 bridgehead atoms. The van der Waals surface area contributed by atoms with Crippen molar-refractivity contribution in [3.8, 4) is 5.75 Å². The Kier molecular flexibility index (Phi) is 11.4. The minimum absolute atomic E-state index is 0.121. The first-order valence-corrected chi connectivity index (χ1v) is 12.1. The number of unbranched alkanes of at least 4 members (excludes halogenated alkanes) is 2. The molecule has 0 N–H and O–H groups in total. The van der Waals surface area contributed by atoms with Crippen LogP contribution in [0.25, 0.3) is 0 Å². The van der Waals surface area contributed by atoms with Crippen LogP contribution < -0.4 is 4.74 Å². The molecule has 0 saturated heterocycles. The van der Waals surface area contributed by atoms with Gasteiger partial charge < -0.3 is 14.2 Å². The van der Waals surface area contributed by atoms with E-state index >= 15 is 0 Å². The summed E-state index contributed by atoms with van der Waals surface area (Å²) in [6.07, 6.45) is 5.44. The second-order valence-electron chi connectivity index (χ2n) is 9.37. The number of aryl methyl sites for hydroxylation is 2. The van der Waals surface area contributed by atoms with Crippen LogP contribution in [0.3, 0.4) is 0 Å². The molecular weight excluding hydrogens is 430 g/mol. The molecule has 34 heavy (non-hydrogen) atoms. The first-order chi connectivity index (χ1) is 16.3. The van der Waals surface area contributed by atoms with Crippen LogP contribution in [-0.4, -0.2) is 49.4 Å². The number of nitrogens with zero attached hydrogens (tertiary/aromatic N) is 1. The Hall–Kier alpha value is -3.02. The Bertz CT molecular complexity index is 859. The quantitative estimate of drug-likeness (QED) is 0.273. The normalized spacial score (nSPS) is 11.1. The summed E-state index contributed by atoms with van der Waals surface area (Å²) in [7, 11) is 1.31. The summed E-state index contributed by atoms with van der Waals surface area (Å²) in [6.45, 7) is 6.40. The van der Waals surface area contributed by atoms with Crippen molar-refractivity contribution in [2.24, 2.45) is 0 Å². The van der Waals surface area contributed by atoms with Gasteiger partial charge >= 0.3 is 12.1 Å². The van der Waals surface area contributed by atoms with Crippen LogP contribution in [0.1, 0.15) is 57.6 Å². The van der Waals surface area contributed by atoms with E-state index in [-0.39, 0.29) is 6.54 Å². The maximum Gasteiger partial charge on any atom is 0.410 e. The maximum atomic E-state index is 12.4. The lowest BCUT2D eigenvalue weighted by Crippen LogP contribution is -2.40. The number of carbonyl (C=O) groups is 2. The molecule has 0 saturated carbocycles. The molecule has 2 aromatic carbocycles. The Morgan fingerprint density at radius 2 is 1.47 bits per heavy atom. The number of amides is 1. The highest BCUT2D eigenvalue weighted by Crippen LogP contribution is 2.16. The van der Waals surface area contributed by atoms with E-state index in [2.05, 4.69) is 24.3 Å². The summed E-state index contributed by atoms with van der Waals surface area (Å²) >= 11 is 0. The van der Waals surface area contributed by atoms with Gasteiger partial charge in [-0.2, -0.15) is 0 Å². The van der Waals surface area contributed by atoms with E-state index in [1.165, 1.54) is 24.0 Å². The van der Waals surface area contributed by atoms with Crippen molar-refractivity contribution in [1.82, 2.24) is 4.90 Å². The molecule has 0 radical (unpaired) electrons. The van der Waals surface area contributed by atoms with E-state index in [0.29, 0.717) is 19.6 Å². The summed E-state index contributed by atoms with van der Waals surface area (Å²) in [5, 5.41) is 0. The zero-order chi connectivity index (χ0) is 24.8. The molecule has 186 valence electrons. The molecule has 0 aliphatic carbocycles. The van der Waals surface area contributed by atoms with Gasteiger partial charge in [0.1, 0.15) is 17.9 Å². The van der Waals surface area contributed by atoms with Gasteiger partial charge in [0, 0.05) is 6.54 Å². The third-order valence-corrected chi connectivity index (χ3v) is 5.24. The minimum Gasteiger partial charge on any atom is -0.494 e. The largest absolute Gasteiger partial charge is 0.494 e. The number of carbonyl (C=O) groups excluding carboxylic acids is 2. The highest BCUT2D eigenvalue weighted by atomic mass is 16.6. The van der Waals surface area contributed by atoms with E-state index in [1.807, 2.05) is 30.3 Å².